The number of nitrogens with one attached hydrogen (secondary N) is 1. The Morgan fingerprint density at radius 3 is 3.09 bits per heavy atom. The highest BCUT2D eigenvalue weighted by Gasteiger charge is 2.21. The summed E-state index contributed by atoms with van der Waals surface area (Å²) >= 11 is 0. The monoisotopic (exact) mass is 427 g/mol. The van der Waals surface area contributed by atoms with Gasteiger partial charge >= 0.3 is 0 Å². The topological polar surface area (TPSA) is 77.5 Å². The van der Waals surface area contributed by atoms with Crippen LogP contribution in [0.2, 0.25) is 0 Å². The minimum absolute atomic E-state index is 0. The number of aliphatic imine (C=N–C) groups is 1. The zero-order valence-corrected chi connectivity index (χ0v) is 15.4. The molecule has 0 fully saturated rings. The first kappa shape index (κ1) is 17.6. The summed E-state index contributed by atoms with van der Waals surface area (Å²) in [5.74, 6) is 1.40. The smallest absolute Gasteiger partial charge is 0.189 e. The van der Waals surface area contributed by atoms with Crippen molar-refractivity contribution in [3.8, 4) is 5.75 Å². The lowest BCUT2D eigenvalue weighted by molar-refractivity contribution is 0.262. The first-order valence-corrected chi connectivity index (χ1v) is 7.48. The van der Waals surface area contributed by atoms with Gasteiger partial charge in [0.1, 0.15) is 5.75 Å². The number of nitrogens with zero attached hydrogens (tertiary/aromatic N) is 3. The van der Waals surface area contributed by atoms with Gasteiger partial charge in [0.25, 0.3) is 0 Å². The number of nitrogens with two attached hydrogens (primary N) is 1. The maximum absolute atomic E-state index is 6.01. The molecule has 1 unspecified atom stereocenters. The van der Waals surface area contributed by atoms with E-state index >= 15 is 0 Å². The van der Waals surface area contributed by atoms with Gasteiger partial charge in [0, 0.05) is 31.8 Å². The van der Waals surface area contributed by atoms with Crippen molar-refractivity contribution in [3.63, 3.8) is 0 Å². The summed E-state index contributed by atoms with van der Waals surface area (Å²) in [7, 11) is 1.91. The molecular formula is C16H22IN5O. The van der Waals surface area contributed by atoms with Crippen molar-refractivity contribution in [3.05, 3.63) is 47.8 Å². The third-order valence-electron chi connectivity index (χ3n) is 3.72. The zero-order valence-electron chi connectivity index (χ0n) is 13.1. The second-order valence-corrected chi connectivity index (χ2v) is 5.41. The van der Waals surface area contributed by atoms with Crippen molar-refractivity contribution in [1.82, 2.24) is 15.1 Å². The molecule has 2 aromatic rings. The van der Waals surface area contributed by atoms with E-state index in [1.54, 1.807) is 4.68 Å². The number of ether oxygens (including phenoxy) is 1. The summed E-state index contributed by atoms with van der Waals surface area (Å²) in [5.41, 5.74) is 8.31. The number of para-hydroxylation sites is 1. The van der Waals surface area contributed by atoms with Crippen LogP contribution in [0, 0.1) is 0 Å². The number of halogens is 1. The van der Waals surface area contributed by atoms with Gasteiger partial charge in [0.15, 0.2) is 5.96 Å². The highest BCUT2D eigenvalue weighted by atomic mass is 127. The number of hydrogen-bond acceptors (Lipinski definition) is 3. The molecular weight excluding hydrogens is 405 g/mol. The summed E-state index contributed by atoms with van der Waals surface area (Å²) in [5, 5.41) is 7.43. The Morgan fingerprint density at radius 2 is 2.30 bits per heavy atom. The molecule has 3 N–H and O–H groups in total. The van der Waals surface area contributed by atoms with E-state index in [9.17, 15) is 0 Å². The van der Waals surface area contributed by atoms with Crippen LogP contribution >= 0.6 is 24.0 Å². The summed E-state index contributed by atoms with van der Waals surface area (Å²) in [6.45, 7) is 1.34. The van der Waals surface area contributed by atoms with E-state index in [1.165, 1.54) is 0 Å². The van der Waals surface area contributed by atoms with Crippen LogP contribution in [0.25, 0.3) is 0 Å². The van der Waals surface area contributed by atoms with Crippen molar-refractivity contribution < 1.29 is 4.74 Å². The number of benzene rings is 1. The van der Waals surface area contributed by atoms with E-state index in [0.717, 1.165) is 29.7 Å². The Hall–Kier alpha value is -1.77. The molecule has 1 aliphatic heterocycles. The normalized spacial score (nSPS) is 16.9. The third kappa shape index (κ3) is 4.60. The molecule has 3 rings (SSSR count). The second kappa shape index (κ2) is 8.19. The average molecular weight is 427 g/mol. The Bertz CT molecular complexity index is 670. The average Bonchev–Trinajstić information content (AvgIpc) is 2.93. The number of guanidine groups is 1. The molecule has 23 heavy (non-hydrogen) atoms. The molecule has 0 saturated heterocycles. The number of hydrogen-bond donors (Lipinski definition) is 2. The Labute approximate surface area is 153 Å². The van der Waals surface area contributed by atoms with Crippen LogP contribution in [-0.2, 0) is 13.5 Å². The quantitative estimate of drug-likeness (QED) is 0.445. The molecule has 0 amide bonds. The van der Waals surface area contributed by atoms with Crippen LogP contribution in [0.15, 0.2) is 41.7 Å². The zero-order chi connectivity index (χ0) is 15.4. The van der Waals surface area contributed by atoms with Gasteiger partial charge in [-0.05, 0) is 18.1 Å². The summed E-state index contributed by atoms with van der Waals surface area (Å²) < 4.78 is 7.44. The number of rotatable bonds is 4. The molecule has 2 heterocycles. The predicted molar refractivity (Wildman–Crippen MR) is 101 cm³/mol. The summed E-state index contributed by atoms with van der Waals surface area (Å²) in [4.78, 5) is 4.40. The van der Waals surface area contributed by atoms with Gasteiger partial charge in [-0.15, -0.1) is 24.0 Å². The van der Waals surface area contributed by atoms with E-state index in [0.29, 0.717) is 19.1 Å². The number of aryl methyl sites for hydroxylation is 1. The van der Waals surface area contributed by atoms with E-state index in [4.69, 9.17) is 10.5 Å². The largest absolute Gasteiger partial charge is 0.493 e. The van der Waals surface area contributed by atoms with Crippen molar-refractivity contribution in [2.45, 2.75) is 18.9 Å². The van der Waals surface area contributed by atoms with Crippen LogP contribution in [-0.4, -0.2) is 28.9 Å². The van der Waals surface area contributed by atoms with Crippen molar-refractivity contribution in [1.29, 1.82) is 0 Å². The highest BCUT2D eigenvalue weighted by molar-refractivity contribution is 14.0. The fraction of sp³-hybridized carbons (Fsp3) is 0.375. The fourth-order valence-corrected chi connectivity index (χ4v) is 2.62. The van der Waals surface area contributed by atoms with Gasteiger partial charge in [-0.1, -0.05) is 18.2 Å². The molecule has 124 valence electrons. The maximum atomic E-state index is 6.01. The van der Waals surface area contributed by atoms with Crippen molar-refractivity contribution >= 4 is 29.9 Å². The first-order valence-electron chi connectivity index (χ1n) is 7.48. The van der Waals surface area contributed by atoms with Crippen molar-refractivity contribution in [2.24, 2.45) is 17.8 Å². The molecule has 6 nitrogen and oxygen atoms in total. The molecule has 0 radical (unpaired) electrons. The molecule has 7 heteroatoms. The summed E-state index contributed by atoms with van der Waals surface area (Å²) in [6, 6.07) is 8.20. The van der Waals surface area contributed by atoms with E-state index in [1.807, 2.05) is 37.6 Å². The molecule has 1 aromatic carbocycles. The standard InChI is InChI=1S/C16H21N5O.HI/c1-21-11-12(10-19-21)6-8-18-16(17)20-14-7-9-22-15-5-3-2-4-13(14)15;/h2-5,10-11,14H,6-9H2,1H3,(H3,17,18,20);1H. The maximum Gasteiger partial charge on any atom is 0.189 e. The minimum atomic E-state index is 0. The number of aromatic nitrogens is 2. The van der Waals surface area contributed by atoms with Crippen LogP contribution < -0.4 is 15.8 Å². The first-order chi connectivity index (χ1) is 10.7. The molecule has 0 aliphatic carbocycles. The minimum Gasteiger partial charge on any atom is -0.493 e. The van der Waals surface area contributed by atoms with E-state index in [-0.39, 0.29) is 30.0 Å². The Balaban J connectivity index is 0.00000192. The SMILES string of the molecule is Cn1cc(CCN=C(N)NC2CCOc3ccccc32)cn1.I. The summed E-state index contributed by atoms with van der Waals surface area (Å²) in [6.07, 6.45) is 5.57. The fourth-order valence-electron chi connectivity index (χ4n) is 2.62. The van der Waals surface area contributed by atoms with Crippen LogP contribution in [0.3, 0.4) is 0 Å². The molecule has 0 bridgehead atoms. The van der Waals surface area contributed by atoms with Gasteiger partial charge < -0.3 is 15.8 Å². The molecule has 0 spiro atoms. The lowest BCUT2D eigenvalue weighted by Gasteiger charge is -2.26. The molecule has 1 aliphatic rings. The second-order valence-electron chi connectivity index (χ2n) is 5.41. The van der Waals surface area contributed by atoms with Crippen molar-refractivity contribution in [2.75, 3.05) is 13.2 Å². The van der Waals surface area contributed by atoms with Gasteiger partial charge in [-0.2, -0.15) is 5.10 Å². The van der Waals surface area contributed by atoms with Crippen LogP contribution in [0.4, 0.5) is 0 Å². The van der Waals surface area contributed by atoms with Crippen LogP contribution in [0.1, 0.15) is 23.6 Å². The van der Waals surface area contributed by atoms with Gasteiger partial charge in [-0.25, -0.2) is 0 Å². The van der Waals surface area contributed by atoms with Gasteiger partial charge in [-0.3, -0.25) is 9.67 Å². The lowest BCUT2D eigenvalue weighted by atomic mass is 10.0. The predicted octanol–water partition coefficient (Wildman–Crippen LogP) is 2.01. The molecule has 1 aromatic heterocycles. The Morgan fingerprint density at radius 1 is 1.48 bits per heavy atom. The molecule has 1 atom stereocenters. The lowest BCUT2D eigenvalue weighted by Crippen LogP contribution is -2.37. The van der Waals surface area contributed by atoms with E-state index in [2.05, 4.69) is 21.5 Å². The Kier molecular flexibility index (Phi) is 6.26. The van der Waals surface area contributed by atoms with Gasteiger partial charge in [0.2, 0.25) is 0 Å². The molecule has 0 saturated carbocycles. The highest BCUT2D eigenvalue weighted by Crippen LogP contribution is 2.31. The van der Waals surface area contributed by atoms with Gasteiger partial charge in [0.05, 0.1) is 18.8 Å². The van der Waals surface area contributed by atoms with Crippen LogP contribution in [0.5, 0.6) is 5.75 Å². The third-order valence-corrected chi connectivity index (χ3v) is 3.72. The number of fused-ring (bicyclic) bond motifs is 1. The van der Waals surface area contributed by atoms with E-state index < -0.39 is 0 Å².